The van der Waals surface area contributed by atoms with Crippen LogP contribution in [0.5, 0.6) is 5.75 Å². The van der Waals surface area contributed by atoms with Gasteiger partial charge in [0.1, 0.15) is 5.75 Å². The zero-order chi connectivity index (χ0) is 16.8. The molecule has 0 spiro atoms. The number of nitrogens with zero attached hydrogens (tertiary/aromatic N) is 2. The predicted molar refractivity (Wildman–Crippen MR) is 90.7 cm³/mol. The first kappa shape index (κ1) is 17.3. The molecule has 0 aliphatic carbocycles. The molecule has 5 nitrogen and oxygen atoms in total. The highest BCUT2D eigenvalue weighted by Gasteiger charge is 2.27. The summed E-state index contributed by atoms with van der Waals surface area (Å²) in [6, 6.07) is 7.78. The van der Waals surface area contributed by atoms with Crippen LogP contribution in [-0.4, -0.2) is 42.8 Å². The van der Waals surface area contributed by atoms with E-state index in [9.17, 15) is 4.79 Å². The Bertz CT molecular complexity index is 552. The van der Waals surface area contributed by atoms with Crippen molar-refractivity contribution in [3.8, 4) is 5.75 Å². The Kier molecular flexibility index (Phi) is 6.02. The Hall–Kier alpha value is -2.04. The summed E-state index contributed by atoms with van der Waals surface area (Å²) in [6.07, 6.45) is 1.59. The smallest absolute Gasteiger partial charge is 0.225 e. The average Bonchev–Trinajstić information content (AvgIpc) is 3.02. The van der Waals surface area contributed by atoms with Crippen molar-refractivity contribution in [2.75, 3.05) is 20.2 Å². The number of amides is 1. The van der Waals surface area contributed by atoms with Crippen LogP contribution in [0.15, 0.2) is 29.4 Å². The zero-order valence-corrected chi connectivity index (χ0v) is 14.4. The van der Waals surface area contributed by atoms with Crippen LogP contribution < -0.4 is 4.74 Å². The standard InChI is InChI=1S/C18H26N2O3/c1-5-10-20(18(21)13(2)3)12-16-11-17(19-23-16)14-6-8-15(22-4)9-7-14/h6-9,13,16H,5,10-12H2,1-4H3/t16-/m0/s1. The second-order valence-electron chi connectivity index (χ2n) is 6.14. The van der Waals surface area contributed by atoms with Gasteiger partial charge in [-0.15, -0.1) is 0 Å². The fourth-order valence-corrected chi connectivity index (χ4v) is 2.65. The van der Waals surface area contributed by atoms with Gasteiger partial charge in [0.15, 0.2) is 6.10 Å². The number of hydrogen-bond donors (Lipinski definition) is 0. The van der Waals surface area contributed by atoms with Gasteiger partial charge in [-0.2, -0.15) is 0 Å². The van der Waals surface area contributed by atoms with E-state index in [-0.39, 0.29) is 17.9 Å². The van der Waals surface area contributed by atoms with Crippen molar-refractivity contribution in [3.63, 3.8) is 0 Å². The van der Waals surface area contributed by atoms with E-state index < -0.39 is 0 Å². The molecular weight excluding hydrogens is 292 g/mol. The summed E-state index contributed by atoms with van der Waals surface area (Å²) < 4.78 is 5.17. The van der Waals surface area contributed by atoms with E-state index in [1.54, 1.807) is 7.11 Å². The molecule has 0 saturated heterocycles. The lowest BCUT2D eigenvalue weighted by molar-refractivity contribution is -0.136. The fourth-order valence-electron chi connectivity index (χ4n) is 2.65. The van der Waals surface area contributed by atoms with Crippen molar-refractivity contribution in [2.24, 2.45) is 11.1 Å². The lowest BCUT2D eigenvalue weighted by Gasteiger charge is -2.26. The Morgan fingerprint density at radius 3 is 2.65 bits per heavy atom. The minimum atomic E-state index is -0.0682. The molecule has 0 radical (unpaired) electrons. The van der Waals surface area contributed by atoms with E-state index in [4.69, 9.17) is 9.57 Å². The highest BCUT2D eigenvalue weighted by Crippen LogP contribution is 2.20. The highest BCUT2D eigenvalue weighted by atomic mass is 16.6. The number of oxime groups is 1. The fraction of sp³-hybridized carbons (Fsp3) is 0.556. The molecule has 126 valence electrons. The first-order chi connectivity index (χ1) is 11.0. The van der Waals surface area contributed by atoms with Crippen molar-refractivity contribution in [3.05, 3.63) is 29.8 Å². The molecular formula is C18H26N2O3. The lowest BCUT2D eigenvalue weighted by Crippen LogP contribution is -2.40. The third kappa shape index (κ3) is 4.47. The maximum Gasteiger partial charge on any atom is 0.225 e. The van der Waals surface area contributed by atoms with E-state index in [1.807, 2.05) is 43.0 Å². The molecule has 1 heterocycles. The number of ether oxygens (including phenoxy) is 1. The van der Waals surface area contributed by atoms with Crippen LogP contribution in [0, 0.1) is 5.92 Å². The summed E-state index contributed by atoms with van der Waals surface area (Å²) >= 11 is 0. The van der Waals surface area contributed by atoms with Crippen molar-refractivity contribution in [1.29, 1.82) is 0 Å². The normalized spacial score (nSPS) is 16.9. The Labute approximate surface area is 138 Å². The Balaban J connectivity index is 1.95. The van der Waals surface area contributed by atoms with Crippen LogP contribution in [0.4, 0.5) is 0 Å². The van der Waals surface area contributed by atoms with Crippen LogP contribution >= 0.6 is 0 Å². The third-order valence-electron chi connectivity index (χ3n) is 3.88. The molecule has 0 N–H and O–H groups in total. The number of benzene rings is 1. The average molecular weight is 318 g/mol. The molecule has 5 heteroatoms. The van der Waals surface area contributed by atoms with Crippen molar-refractivity contribution >= 4 is 11.6 Å². The maximum absolute atomic E-state index is 12.3. The molecule has 0 fully saturated rings. The SMILES string of the molecule is CCCN(C[C@@H]1CC(c2ccc(OC)cc2)=NO1)C(=O)C(C)C. The summed E-state index contributed by atoms with van der Waals surface area (Å²) in [5, 5.41) is 4.20. The topological polar surface area (TPSA) is 51.1 Å². The molecule has 1 atom stereocenters. The molecule has 1 aromatic rings. The summed E-state index contributed by atoms with van der Waals surface area (Å²) in [7, 11) is 1.65. The van der Waals surface area contributed by atoms with Gasteiger partial charge in [0.25, 0.3) is 0 Å². The van der Waals surface area contributed by atoms with Crippen LogP contribution in [0.25, 0.3) is 0 Å². The predicted octanol–water partition coefficient (Wildman–Crippen LogP) is 3.08. The van der Waals surface area contributed by atoms with E-state index in [2.05, 4.69) is 12.1 Å². The van der Waals surface area contributed by atoms with Crippen LogP contribution in [0.2, 0.25) is 0 Å². The highest BCUT2D eigenvalue weighted by molar-refractivity contribution is 6.01. The largest absolute Gasteiger partial charge is 0.497 e. The molecule has 1 aromatic carbocycles. The van der Waals surface area contributed by atoms with Gasteiger partial charge in [0, 0.05) is 18.9 Å². The van der Waals surface area contributed by atoms with Crippen molar-refractivity contribution in [2.45, 2.75) is 39.7 Å². The van der Waals surface area contributed by atoms with E-state index in [1.165, 1.54) is 0 Å². The number of methoxy groups -OCH3 is 1. The molecule has 0 bridgehead atoms. The molecule has 2 rings (SSSR count). The summed E-state index contributed by atoms with van der Waals surface area (Å²) in [4.78, 5) is 19.7. The lowest BCUT2D eigenvalue weighted by atomic mass is 10.0. The minimum Gasteiger partial charge on any atom is -0.497 e. The number of rotatable bonds is 7. The van der Waals surface area contributed by atoms with Gasteiger partial charge in [-0.05, 0) is 36.2 Å². The molecule has 1 amide bonds. The van der Waals surface area contributed by atoms with E-state index >= 15 is 0 Å². The van der Waals surface area contributed by atoms with Gasteiger partial charge in [-0.1, -0.05) is 25.9 Å². The number of carbonyl (C=O) groups is 1. The summed E-state index contributed by atoms with van der Waals surface area (Å²) in [5.41, 5.74) is 1.96. The maximum atomic E-state index is 12.3. The van der Waals surface area contributed by atoms with Gasteiger partial charge >= 0.3 is 0 Å². The minimum absolute atomic E-state index is 0.00456. The van der Waals surface area contributed by atoms with Gasteiger partial charge in [0.2, 0.25) is 5.91 Å². The first-order valence-corrected chi connectivity index (χ1v) is 8.21. The van der Waals surface area contributed by atoms with Gasteiger partial charge in [0.05, 0.1) is 19.4 Å². The molecule has 23 heavy (non-hydrogen) atoms. The summed E-state index contributed by atoms with van der Waals surface area (Å²) in [5.74, 6) is 1.000. The monoisotopic (exact) mass is 318 g/mol. The quantitative estimate of drug-likeness (QED) is 0.776. The number of hydrogen-bond acceptors (Lipinski definition) is 4. The van der Waals surface area contributed by atoms with E-state index in [0.29, 0.717) is 6.54 Å². The second kappa shape index (κ2) is 7.99. The molecule has 1 aliphatic rings. The molecule has 0 aromatic heterocycles. The molecule has 1 aliphatic heterocycles. The number of carbonyl (C=O) groups excluding carboxylic acids is 1. The van der Waals surface area contributed by atoms with Crippen LogP contribution in [-0.2, 0) is 9.63 Å². The summed E-state index contributed by atoms with van der Waals surface area (Å²) in [6.45, 7) is 7.29. The van der Waals surface area contributed by atoms with Crippen molar-refractivity contribution < 1.29 is 14.4 Å². The van der Waals surface area contributed by atoms with Crippen LogP contribution in [0.3, 0.4) is 0 Å². The Morgan fingerprint density at radius 2 is 2.09 bits per heavy atom. The Morgan fingerprint density at radius 1 is 1.39 bits per heavy atom. The first-order valence-electron chi connectivity index (χ1n) is 8.21. The van der Waals surface area contributed by atoms with Gasteiger partial charge < -0.3 is 14.5 Å². The van der Waals surface area contributed by atoms with E-state index in [0.717, 1.165) is 36.4 Å². The van der Waals surface area contributed by atoms with Gasteiger partial charge in [-0.3, -0.25) is 4.79 Å². The van der Waals surface area contributed by atoms with Crippen LogP contribution in [0.1, 0.15) is 39.2 Å². The van der Waals surface area contributed by atoms with Gasteiger partial charge in [-0.25, -0.2) is 0 Å². The van der Waals surface area contributed by atoms with Crippen molar-refractivity contribution in [1.82, 2.24) is 4.90 Å². The molecule has 0 saturated carbocycles. The molecule has 0 unspecified atom stereocenters. The zero-order valence-electron chi connectivity index (χ0n) is 14.4. The second-order valence-corrected chi connectivity index (χ2v) is 6.14. The third-order valence-corrected chi connectivity index (χ3v) is 3.88.